The first kappa shape index (κ1) is 10.0. The van der Waals surface area contributed by atoms with Gasteiger partial charge in [-0.1, -0.05) is 42.9 Å². The molecule has 0 aromatic carbocycles. The Labute approximate surface area is 81.4 Å². The van der Waals surface area contributed by atoms with Crippen LogP contribution in [-0.4, -0.2) is 0 Å². The fraction of sp³-hybridized carbons (Fsp3) is 0.385. The molecule has 0 heterocycles. The Morgan fingerprint density at radius 3 is 3.00 bits per heavy atom. The molecule has 0 saturated heterocycles. The minimum Gasteiger partial charge on any atom is -0.103 e. The van der Waals surface area contributed by atoms with Gasteiger partial charge in [-0.3, -0.25) is 0 Å². The quantitative estimate of drug-likeness (QED) is 0.549. The maximum Gasteiger partial charge on any atom is -0.0100 e. The second-order valence-electron chi connectivity index (χ2n) is 3.51. The third kappa shape index (κ3) is 2.73. The summed E-state index contributed by atoms with van der Waals surface area (Å²) in [5.41, 5.74) is 4.32. The largest absolute Gasteiger partial charge is 0.103 e. The molecule has 70 valence electrons. The fourth-order valence-electron chi connectivity index (χ4n) is 1.57. The van der Waals surface area contributed by atoms with Crippen molar-refractivity contribution in [1.82, 2.24) is 0 Å². The van der Waals surface area contributed by atoms with E-state index >= 15 is 0 Å². The molecular weight excluding hydrogens is 156 g/mol. The molecule has 0 N–H and O–H groups in total. The van der Waals surface area contributed by atoms with Gasteiger partial charge in [0.1, 0.15) is 0 Å². The zero-order chi connectivity index (χ0) is 9.68. The van der Waals surface area contributed by atoms with Crippen molar-refractivity contribution in [2.75, 3.05) is 0 Å². The van der Waals surface area contributed by atoms with Crippen LogP contribution in [0.4, 0.5) is 0 Å². The van der Waals surface area contributed by atoms with Gasteiger partial charge in [-0.15, -0.1) is 6.58 Å². The van der Waals surface area contributed by atoms with Crippen molar-refractivity contribution >= 4 is 0 Å². The first-order valence-electron chi connectivity index (χ1n) is 4.93. The third-order valence-electron chi connectivity index (χ3n) is 2.47. The maximum absolute atomic E-state index is 4.04. The van der Waals surface area contributed by atoms with Crippen molar-refractivity contribution in [3.05, 3.63) is 48.1 Å². The number of hydrogen-bond acceptors (Lipinski definition) is 0. The van der Waals surface area contributed by atoms with Crippen LogP contribution in [0.5, 0.6) is 0 Å². The summed E-state index contributed by atoms with van der Waals surface area (Å²) in [5, 5.41) is 0. The summed E-state index contributed by atoms with van der Waals surface area (Å²) in [4.78, 5) is 0. The lowest BCUT2D eigenvalue weighted by Crippen LogP contribution is -1.87. The average Bonchev–Trinajstić information content (AvgIpc) is 2.54. The van der Waals surface area contributed by atoms with Gasteiger partial charge in [-0.05, 0) is 31.3 Å². The smallest absolute Gasteiger partial charge is 0.0100 e. The SMILES string of the molecule is C=CCC1=C(CC(=C)CC)CC=C1. The fourth-order valence-corrected chi connectivity index (χ4v) is 1.57. The molecule has 0 nitrogen and oxygen atoms in total. The van der Waals surface area contributed by atoms with Gasteiger partial charge in [-0.25, -0.2) is 0 Å². The Kier molecular flexibility index (Phi) is 3.75. The van der Waals surface area contributed by atoms with E-state index in [-0.39, 0.29) is 0 Å². The van der Waals surface area contributed by atoms with Crippen molar-refractivity contribution in [3.63, 3.8) is 0 Å². The van der Waals surface area contributed by atoms with Crippen LogP contribution >= 0.6 is 0 Å². The molecule has 0 aromatic rings. The molecule has 0 aliphatic heterocycles. The predicted octanol–water partition coefficient (Wildman–Crippen LogP) is 4.18. The molecule has 0 bridgehead atoms. The van der Waals surface area contributed by atoms with Crippen LogP contribution in [0.25, 0.3) is 0 Å². The minimum absolute atomic E-state index is 1.00. The van der Waals surface area contributed by atoms with Crippen LogP contribution in [-0.2, 0) is 0 Å². The molecule has 0 spiro atoms. The average molecular weight is 174 g/mol. The molecule has 0 atom stereocenters. The lowest BCUT2D eigenvalue weighted by molar-refractivity contribution is 0.962. The molecule has 0 fully saturated rings. The van der Waals surface area contributed by atoms with Crippen LogP contribution in [0.1, 0.15) is 32.6 Å². The van der Waals surface area contributed by atoms with Crippen molar-refractivity contribution < 1.29 is 0 Å². The van der Waals surface area contributed by atoms with Gasteiger partial charge in [0.05, 0.1) is 0 Å². The minimum atomic E-state index is 1.00. The van der Waals surface area contributed by atoms with Crippen LogP contribution < -0.4 is 0 Å². The Morgan fingerprint density at radius 1 is 1.62 bits per heavy atom. The highest BCUT2D eigenvalue weighted by molar-refractivity contribution is 5.37. The third-order valence-corrected chi connectivity index (χ3v) is 2.47. The van der Waals surface area contributed by atoms with Gasteiger partial charge in [0.25, 0.3) is 0 Å². The molecule has 13 heavy (non-hydrogen) atoms. The highest BCUT2D eigenvalue weighted by Gasteiger charge is 2.08. The Hall–Kier alpha value is -1.04. The normalized spacial score (nSPS) is 15.2. The summed E-state index contributed by atoms with van der Waals surface area (Å²) in [7, 11) is 0. The first-order valence-corrected chi connectivity index (χ1v) is 4.93. The van der Waals surface area contributed by atoms with E-state index in [1.54, 1.807) is 0 Å². The number of rotatable bonds is 5. The second kappa shape index (κ2) is 4.86. The Bertz CT molecular complexity index is 264. The standard InChI is InChI=1S/C13H18/c1-4-7-12-8-6-9-13(12)10-11(3)5-2/h4,6,8H,1,3,5,7,9-10H2,2H3. The van der Waals surface area contributed by atoms with Gasteiger partial charge in [0.2, 0.25) is 0 Å². The van der Waals surface area contributed by atoms with E-state index in [0.717, 1.165) is 25.7 Å². The summed E-state index contributed by atoms with van der Waals surface area (Å²) in [6.45, 7) is 9.98. The lowest BCUT2D eigenvalue weighted by atomic mass is 9.99. The van der Waals surface area contributed by atoms with E-state index in [0.29, 0.717) is 0 Å². The van der Waals surface area contributed by atoms with Crippen LogP contribution in [0.2, 0.25) is 0 Å². The topological polar surface area (TPSA) is 0 Å². The zero-order valence-corrected chi connectivity index (χ0v) is 8.47. The van der Waals surface area contributed by atoms with E-state index in [1.807, 2.05) is 6.08 Å². The lowest BCUT2D eigenvalue weighted by Gasteiger charge is -2.06. The van der Waals surface area contributed by atoms with Crippen molar-refractivity contribution in [2.24, 2.45) is 0 Å². The molecule has 0 unspecified atom stereocenters. The summed E-state index contributed by atoms with van der Waals surface area (Å²) in [6, 6.07) is 0. The van der Waals surface area contributed by atoms with Gasteiger partial charge in [0, 0.05) is 0 Å². The number of hydrogen-bond donors (Lipinski definition) is 0. The summed E-state index contributed by atoms with van der Waals surface area (Å²) in [5.74, 6) is 0. The van der Waals surface area contributed by atoms with E-state index in [9.17, 15) is 0 Å². The highest BCUT2D eigenvalue weighted by Crippen LogP contribution is 2.27. The molecule has 0 radical (unpaired) electrons. The van der Waals surface area contributed by atoms with Crippen LogP contribution in [0.15, 0.2) is 48.1 Å². The Balaban J connectivity index is 2.62. The van der Waals surface area contributed by atoms with E-state index in [4.69, 9.17) is 0 Å². The van der Waals surface area contributed by atoms with Gasteiger partial charge in [0.15, 0.2) is 0 Å². The molecular formula is C13H18. The highest BCUT2D eigenvalue weighted by atomic mass is 14.1. The summed E-state index contributed by atoms with van der Waals surface area (Å²) < 4.78 is 0. The van der Waals surface area contributed by atoms with Crippen LogP contribution in [0.3, 0.4) is 0 Å². The zero-order valence-electron chi connectivity index (χ0n) is 8.47. The van der Waals surface area contributed by atoms with Crippen LogP contribution in [0, 0.1) is 0 Å². The van der Waals surface area contributed by atoms with Gasteiger partial charge < -0.3 is 0 Å². The summed E-state index contributed by atoms with van der Waals surface area (Å²) >= 11 is 0. The molecule has 0 aromatic heterocycles. The molecule has 1 aliphatic rings. The van der Waals surface area contributed by atoms with Gasteiger partial charge in [-0.2, -0.15) is 0 Å². The van der Waals surface area contributed by atoms with Crippen molar-refractivity contribution in [1.29, 1.82) is 0 Å². The second-order valence-corrected chi connectivity index (χ2v) is 3.51. The number of allylic oxidation sites excluding steroid dienone is 6. The monoisotopic (exact) mass is 174 g/mol. The molecule has 0 amide bonds. The molecule has 1 rings (SSSR count). The summed E-state index contributed by atoms with van der Waals surface area (Å²) in [6.07, 6.45) is 10.7. The van der Waals surface area contributed by atoms with Gasteiger partial charge >= 0.3 is 0 Å². The molecule has 0 saturated carbocycles. The first-order chi connectivity index (χ1) is 6.27. The Morgan fingerprint density at radius 2 is 2.38 bits per heavy atom. The molecule has 0 heteroatoms. The van der Waals surface area contributed by atoms with Crippen molar-refractivity contribution in [3.8, 4) is 0 Å². The molecule has 1 aliphatic carbocycles. The van der Waals surface area contributed by atoms with E-state index < -0.39 is 0 Å². The van der Waals surface area contributed by atoms with E-state index in [2.05, 4.69) is 32.2 Å². The maximum atomic E-state index is 4.04. The predicted molar refractivity (Wildman–Crippen MR) is 59.6 cm³/mol. The van der Waals surface area contributed by atoms with Crippen molar-refractivity contribution in [2.45, 2.75) is 32.6 Å². The van der Waals surface area contributed by atoms with E-state index in [1.165, 1.54) is 16.7 Å².